The van der Waals surface area contributed by atoms with Crippen molar-refractivity contribution in [3.05, 3.63) is 12.5 Å². The van der Waals surface area contributed by atoms with Gasteiger partial charge in [0.2, 0.25) is 0 Å². The first-order valence-electron chi connectivity index (χ1n) is 8.71. The maximum absolute atomic E-state index is 11.6. The molecule has 0 saturated carbocycles. The summed E-state index contributed by atoms with van der Waals surface area (Å²) in [6.45, 7) is 3.84. The van der Waals surface area contributed by atoms with Crippen molar-refractivity contribution >= 4 is 0 Å². The molecule has 174 valence electrons. The Morgan fingerprint density at radius 3 is 1.76 bits per heavy atom. The smallest absolute Gasteiger partial charge is 0.272 e. The zero-order valence-corrected chi connectivity index (χ0v) is 16.7. The van der Waals surface area contributed by atoms with Gasteiger partial charge < -0.3 is 23.7 Å². The number of hydrogen-bond acceptors (Lipinski definition) is 11. The number of hydrogen-bond donors (Lipinski definition) is 0. The molecule has 11 nitrogen and oxygen atoms in total. The van der Waals surface area contributed by atoms with Crippen LogP contribution < -0.4 is 0 Å². The van der Waals surface area contributed by atoms with Gasteiger partial charge in [-0.2, -0.15) is 9.88 Å². The molecule has 0 amide bonds. The molecule has 0 aromatic rings. The van der Waals surface area contributed by atoms with Gasteiger partial charge >= 0.3 is 0 Å². The van der Waals surface area contributed by atoms with Crippen molar-refractivity contribution in [3.8, 4) is 0 Å². The van der Waals surface area contributed by atoms with E-state index in [0.29, 0.717) is 0 Å². The number of halogens is 2. The molecule has 0 aromatic heterocycles. The summed E-state index contributed by atoms with van der Waals surface area (Å²) in [6.07, 6.45) is -1.07. The minimum atomic E-state index is -0.624. The Bertz CT molecular complexity index is 346. The van der Waals surface area contributed by atoms with E-state index in [-0.39, 0.29) is 72.0 Å². The molecule has 0 atom stereocenters. The van der Waals surface area contributed by atoms with Gasteiger partial charge in [0.1, 0.15) is 45.2 Å². The van der Waals surface area contributed by atoms with Crippen molar-refractivity contribution < 1.29 is 62.2 Å². The zero-order chi connectivity index (χ0) is 21.6. The van der Waals surface area contributed by atoms with Crippen molar-refractivity contribution in [2.75, 3.05) is 80.3 Å². The van der Waals surface area contributed by atoms with Crippen LogP contribution in [0.3, 0.4) is 0 Å². The third kappa shape index (κ3) is 18.6. The van der Waals surface area contributed by atoms with E-state index in [1.54, 1.807) is 0 Å². The molecule has 0 N–H and O–H groups in total. The predicted octanol–water partition coefficient (Wildman–Crippen LogP) is 1.24. The Hall–Kier alpha value is -1.16. The third-order valence-corrected chi connectivity index (χ3v) is 2.96. The summed E-state index contributed by atoms with van der Waals surface area (Å²) in [5.41, 5.74) is 0. The molecule has 0 aliphatic rings. The monoisotopic (exact) mass is 436 g/mol. The minimum absolute atomic E-state index is 0.00730. The van der Waals surface area contributed by atoms with Gasteiger partial charge in [-0.25, -0.2) is 19.6 Å². The molecule has 0 radical (unpaired) electrons. The van der Waals surface area contributed by atoms with E-state index in [1.165, 1.54) is 14.2 Å². The van der Waals surface area contributed by atoms with Gasteiger partial charge in [-0.05, 0) is 15.6 Å². The highest BCUT2D eigenvalue weighted by Gasteiger charge is 2.14. The fraction of sp³-hybridized carbons (Fsp3) is 0.875. The highest BCUT2D eigenvalue weighted by Crippen LogP contribution is 2.06. The quantitative estimate of drug-likeness (QED) is 0.100. The van der Waals surface area contributed by atoms with Gasteiger partial charge in [0.05, 0.1) is 47.3 Å². The molecule has 0 aliphatic heterocycles. The van der Waals surface area contributed by atoms with Crippen LogP contribution in [0.15, 0.2) is 12.5 Å². The highest BCUT2D eigenvalue weighted by molar-refractivity contribution is 4.72. The minimum Gasteiger partial charge on any atom is -0.463 e. The largest absolute Gasteiger partial charge is 0.463 e. The maximum atomic E-state index is 11.6. The fourth-order valence-corrected chi connectivity index (χ4v) is 1.75. The SMILES string of the molecule is C=C(OCCOC(COOC)COOC)OC(COCCOF)COCCOF. The van der Waals surface area contributed by atoms with Crippen molar-refractivity contribution in [3.63, 3.8) is 0 Å². The van der Waals surface area contributed by atoms with Crippen LogP contribution in [-0.2, 0) is 53.1 Å². The Morgan fingerprint density at radius 1 is 0.724 bits per heavy atom. The Kier molecular flexibility index (Phi) is 20.7. The lowest BCUT2D eigenvalue weighted by Gasteiger charge is -2.21. The van der Waals surface area contributed by atoms with Crippen molar-refractivity contribution in [2.24, 2.45) is 0 Å². The van der Waals surface area contributed by atoms with Gasteiger partial charge in [-0.15, -0.1) is 0 Å². The molecular weight excluding hydrogens is 406 g/mol. The normalized spacial score (nSPS) is 11.4. The average Bonchev–Trinajstić information content (AvgIpc) is 2.72. The van der Waals surface area contributed by atoms with Crippen LogP contribution in [-0.4, -0.2) is 92.5 Å². The molecular formula is C16H30F2O11. The topological polar surface area (TPSA) is 102 Å². The van der Waals surface area contributed by atoms with Crippen LogP contribution in [0.5, 0.6) is 0 Å². The Balaban J connectivity index is 4.14. The number of ether oxygens (including phenoxy) is 5. The summed E-state index contributed by atoms with van der Waals surface area (Å²) in [6, 6.07) is 0. The van der Waals surface area contributed by atoms with Crippen LogP contribution >= 0.6 is 0 Å². The first kappa shape index (κ1) is 27.8. The molecule has 13 heteroatoms. The van der Waals surface area contributed by atoms with E-state index in [4.69, 9.17) is 33.5 Å². The summed E-state index contributed by atoms with van der Waals surface area (Å²) in [5.74, 6) is -0.00730. The summed E-state index contributed by atoms with van der Waals surface area (Å²) >= 11 is 0. The molecule has 29 heavy (non-hydrogen) atoms. The molecule has 0 fully saturated rings. The highest BCUT2D eigenvalue weighted by atomic mass is 19.3. The Labute approximate surface area is 168 Å². The van der Waals surface area contributed by atoms with E-state index in [9.17, 15) is 9.05 Å². The second kappa shape index (κ2) is 21.5. The predicted molar refractivity (Wildman–Crippen MR) is 91.4 cm³/mol. The van der Waals surface area contributed by atoms with Crippen molar-refractivity contribution in [2.45, 2.75) is 12.2 Å². The zero-order valence-electron chi connectivity index (χ0n) is 16.7. The average molecular weight is 436 g/mol. The second-order valence-corrected chi connectivity index (χ2v) is 5.13. The van der Waals surface area contributed by atoms with E-state index in [0.717, 1.165) is 0 Å². The summed E-state index contributed by atoms with van der Waals surface area (Å²) < 4.78 is 49.9. The lowest BCUT2D eigenvalue weighted by Crippen LogP contribution is -2.28. The number of rotatable bonds is 23. The summed E-state index contributed by atoms with van der Waals surface area (Å²) in [4.78, 5) is 25.4. The molecule has 0 aromatic carbocycles. The Morgan fingerprint density at radius 2 is 1.28 bits per heavy atom. The van der Waals surface area contributed by atoms with Gasteiger partial charge in [0, 0.05) is 0 Å². The second-order valence-electron chi connectivity index (χ2n) is 5.13. The first-order chi connectivity index (χ1) is 14.2. The van der Waals surface area contributed by atoms with Crippen molar-refractivity contribution in [1.29, 1.82) is 0 Å². The standard InChI is InChI=1S/C16H30F2O11/c1-14(23-6-7-24-15(12-27-19-2)13-28-20-3)29-16(10-21-4-8-25-17)11-22-5-9-26-18/h15-16H,1,4-13H2,2-3H3. The molecule has 0 rings (SSSR count). The van der Waals surface area contributed by atoms with E-state index in [2.05, 4.69) is 26.2 Å². The molecule has 0 saturated heterocycles. The van der Waals surface area contributed by atoms with Gasteiger partial charge in [-0.3, -0.25) is 0 Å². The molecule has 0 spiro atoms. The maximum Gasteiger partial charge on any atom is 0.272 e. The summed E-state index contributed by atoms with van der Waals surface area (Å²) in [5, 5.41) is 0. The molecule has 0 bridgehead atoms. The van der Waals surface area contributed by atoms with E-state index < -0.39 is 12.2 Å². The van der Waals surface area contributed by atoms with E-state index >= 15 is 0 Å². The van der Waals surface area contributed by atoms with Gasteiger partial charge in [0.25, 0.3) is 5.95 Å². The molecule has 0 aliphatic carbocycles. The first-order valence-corrected chi connectivity index (χ1v) is 8.71. The van der Waals surface area contributed by atoms with Crippen LogP contribution in [0.1, 0.15) is 0 Å². The summed E-state index contributed by atoms with van der Waals surface area (Å²) in [7, 11) is 2.75. The van der Waals surface area contributed by atoms with Crippen LogP contribution in [0.4, 0.5) is 9.05 Å². The molecule has 0 unspecified atom stereocenters. The fourth-order valence-electron chi connectivity index (χ4n) is 1.75. The van der Waals surface area contributed by atoms with Crippen LogP contribution in [0.25, 0.3) is 0 Å². The lowest BCUT2D eigenvalue weighted by atomic mass is 10.4. The van der Waals surface area contributed by atoms with Gasteiger partial charge in [-0.1, -0.05) is 0 Å². The molecule has 0 heterocycles. The lowest BCUT2D eigenvalue weighted by molar-refractivity contribution is -0.318. The van der Waals surface area contributed by atoms with Gasteiger partial charge in [0.15, 0.2) is 0 Å². The van der Waals surface area contributed by atoms with Crippen LogP contribution in [0, 0.1) is 0 Å². The van der Waals surface area contributed by atoms with E-state index in [1.807, 2.05) is 0 Å². The van der Waals surface area contributed by atoms with Crippen LogP contribution in [0.2, 0.25) is 0 Å². The van der Waals surface area contributed by atoms with Crippen molar-refractivity contribution in [1.82, 2.24) is 0 Å². The third-order valence-electron chi connectivity index (χ3n) is 2.96.